The van der Waals surface area contributed by atoms with Crippen LogP contribution in [0.1, 0.15) is 34.6 Å². The van der Waals surface area contributed by atoms with E-state index in [1.807, 2.05) is 0 Å². The zero-order valence-corrected chi connectivity index (χ0v) is 14.5. The lowest BCUT2D eigenvalue weighted by Crippen LogP contribution is -2.25. The number of ketones is 1. The van der Waals surface area contributed by atoms with E-state index in [1.165, 1.54) is 40.3 Å². The average Bonchev–Trinajstić information content (AvgIpc) is 2.89. The van der Waals surface area contributed by atoms with Crippen LogP contribution < -0.4 is 5.69 Å². The van der Waals surface area contributed by atoms with Crippen molar-refractivity contribution in [1.29, 1.82) is 0 Å². The molecule has 1 aromatic heterocycles. The Balaban J connectivity index is 1.89. The van der Waals surface area contributed by atoms with E-state index in [-0.39, 0.29) is 23.8 Å². The van der Waals surface area contributed by atoms with Crippen molar-refractivity contribution in [2.24, 2.45) is 0 Å². The number of benzene rings is 2. The number of nitrogens with zero attached hydrogens (tertiary/aromatic N) is 2. The highest BCUT2D eigenvalue weighted by atomic mass is 19.1. The first kappa shape index (κ1) is 17.8. The SMILES string of the molecule is CC(=O)c1ccc(-n2c(C)cn(C[C@H](O)c3ccc(F)cc3)c2=O)cc1. The number of aromatic nitrogens is 2. The monoisotopic (exact) mass is 354 g/mol. The Hall–Kier alpha value is -2.99. The maximum absolute atomic E-state index is 13.0. The molecule has 3 rings (SSSR count). The molecule has 26 heavy (non-hydrogen) atoms. The van der Waals surface area contributed by atoms with Crippen molar-refractivity contribution in [3.8, 4) is 5.69 Å². The molecule has 1 N–H and O–H groups in total. The quantitative estimate of drug-likeness (QED) is 0.717. The first-order valence-electron chi connectivity index (χ1n) is 8.20. The number of aliphatic hydroxyl groups is 1. The number of aryl methyl sites for hydroxylation is 1. The van der Waals surface area contributed by atoms with Crippen LogP contribution in [0, 0.1) is 12.7 Å². The second-order valence-electron chi connectivity index (χ2n) is 6.21. The highest BCUT2D eigenvalue weighted by molar-refractivity contribution is 5.94. The molecule has 0 aliphatic heterocycles. The van der Waals surface area contributed by atoms with Gasteiger partial charge in [-0.2, -0.15) is 0 Å². The molecule has 5 nitrogen and oxygen atoms in total. The molecule has 134 valence electrons. The van der Waals surface area contributed by atoms with Crippen molar-refractivity contribution in [3.63, 3.8) is 0 Å². The lowest BCUT2D eigenvalue weighted by atomic mass is 10.1. The summed E-state index contributed by atoms with van der Waals surface area (Å²) < 4.78 is 15.9. The molecule has 0 bridgehead atoms. The first-order valence-corrected chi connectivity index (χ1v) is 8.20. The van der Waals surface area contributed by atoms with Gasteiger partial charge in [0.2, 0.25) is 0 Å². The molecule has 1 atom stereocenters. The Morgan fingerprint density at radius 3 is 2.31 bits per heavy atom. The third-order valence-electron chi connectivity index (χ3n) is 4.29. The maximum atomic E-state index is 13.0. The van der Waals surface area contributed by atoms with Crippen LogP contribution in [0.25, 0.3) is 5.69 Å². The largest absolute Gasteiger partial charge is 0.387 e. The number of hydrogen-bond donors (Lipinski definition) is 1. The summed E-state index contributed by atoms with van der Waals surface area (Å²) in [6.07, 6.45) is 0.733. The molecule has 0 fully saturated rings. The van der Waals surface area contributed by atoms with E-state index in [1.54, 1.807) is 37.4 Å². The van der Waals surface area contributed by atoms with Crippen molar-refractivity contribution >= 4 is 5.78 Å². The number of hydrogen-bond acceptors (Lipinski definition) is 3. The lowest BCUT2D eigenvalue weighted by Gasteiger charge is -2.11. The van der Waals surface area contributed by atoms with E-state index in [9.17, 15) is 19.1 Å². The van der Waals surface area contributed by atoms with Gasteiger partial charge in [-0.1, -0.05) is 12.1 Å². The predicted octanol–water partition coefficient (Wildman–Crippen LogP) is 3.02. The lowest BCUT2D eigenvalue weighted by molar-refractivity contribution is 0.101. The molecule has 0 radical (unpaired) electrons. The minimum Gasteiger partial charge on any atom is -0.387 e. The van der Waals surface area contributed by atoms with Crippen molar-refractivity contribution in [2.45, 2.75) is 26.5 Å². The van der Waals surface area contributed by atoms with Gasteiger partial charge in [0, 0.05) is 17.5 Å². The molecule has 0 amide bonds. The number of carbonyl (C=O) groups excluding carboxylic acids is 1. The molecule has 0 aliphatic rings. The topological polar surface area (TPSA) is 64.2 Å². The number of imidazole rings is 1. The van der Waals surface area contributed by atoms with Crippen LogP contribution >= 0.6 is 0 Å². The van der Waals surface area contributed by atoms with Crippen LogP contribution in [0.5, 0.6) is 0 Å². The Bertz CT molecular complexity index is 985. The van der Waals surface area contributed by atoms with Crippen molar-refractivity contribution < 1.29 is 14.3 Å². The van der Waals surface area contributed by atoms with Crippen LogP contribution in [0.4, 0.5) is 4.39 Å². The first-order chi connectivity index (χ1) is 12.4. The van der Waals surface area contributed by atoms with Gasteiger partial charge in [-0.3, -0.25) is 13.9 Å². The van der Waals surface area contributed by atoms with Crippen molar-refractivity contribution in [2.75, 3.05) is 0 Å². The Morgan fingerprint density at radius 2 is 1.73 bits per heavy atom. The third kappa shape index (κ3) is 3.50. The molecular formula is C20H19FN2O3. The highest BCUT2D eigenvalue weighted by Gasteiger charge is 2.15. The van der Waals surface area contributed by atoms with E-state index in [0.717, 1.165) is 0 Å². The van der Waals surface area contributed by atoms with Crippen molar-refractivity contribution in [3.05, 3.63) is 87.9 Å². The van der Waals surface area contributed by atoms with Gasteiger partial charge in [0.25, 0.3) is 0 Å². The summed E-state index contributed by atoms with van der Waals surface area (Å²) in [6, 6.07) is 12.3. The molecule has 1 heterocycles. The Labute approximate surface area is 150 Å². The van der Waals surface area contributed by atoms with Gasteiger partial charge in [0.05, 0.1) is 18.3 Å². The van der Waals surface area contributed by atoms with Gasteiger partial charge < -0.3 is 5.11 Å². The molecule has 0 unspecified atom stereocenters. The van der Waals surface area contributed by atoms with E-state index in [0.29, 0.717) is 22.5 Å². The summed E-state index contributed by atoms with van der Waals surface area (Å²) in [5, 5.41) is 10.3. The molecule has 0 saturated heterocycles. The number of rotatable bonds is 5. The van der Waals surface area contributed by atoms with Crippen LogP contribution in [0.3, 0.4) is 0 Å². The molecule has 0 aliphatic carbocycles. The van der Waals surface area contributed by atoms with Crippen LogP contribution in [-0.4, -0.2) is 20.0 Å². The zero-order chi connectivity index (χ0) is 18.8. The smallest absolute Gasteiger partial charge is 0.333 e. The fraction of sp³-hybridized carbons (Fsp3) is 0.200. The fourth-order valence-corrected chi connectivity index (χ4v) is 2.88. The van der Waals surface area contributed by atoms with Gasteiger partial charge in [0.15, 0.2) is 5.78 Å². The fourth-order valence-electron chi connectivity index (χ4n) is 2.88. The van der Waals surface area contributed by atoms with E-state index in [4.69, 9.17) is 0 Å². The number of halogens is 1. The van der Waals surface area contributed by atoms with E-state index >= 15 is 0 Å². The van der Waals surface area contributed by atoms with Crippen molar-refractivity contribution in [1.82, 2.24) is 9.13 Å². The summed E-state index contributed by atoms with van der Waals surface area (Å²) in [6.45, 7) is 3.34. The average molecular weight is 354 g/mol. The Morgan fingerprint density at radius 1 is 1.12 bits per heavy atom. The predicted molar refractivity (Wildman–Crippen MR) is 96.1 cm³/mol. The summed E-state index contributed by atoms with van der Waals surface area (Å²) in [5.74, 6) is -0.422. The van der Waals surface area contributed by atoms with Crippen LogP contribution in [0.15, 0.2) is 59.5 Å². The number of aliphatic hydroxyl groups excluding tert-OH is 1. The van der Waals surface area contributed by atoms with Gasteiger partial charge in [-0.25, -0.2) is 9.18 Å². The molecule has 0 saturated carbocycles. The van der Waals surface area contributed by atoms with Gasteiger partial charge in [0.1, 0.15) is 5.82 Å². The normalized spacial score (nSPS) is 12.2. The minimum atomic E-state index is -0.927. The number of carbonyl (C=O) groups is 1. The van der Waals surface area contributed by atoms with Gasteiger partial charge in [-0.15, -0.1) is 0 Å². The summed E-state index contributed by atoms with van der Waals surface area (Å²) in [5.41, 5.74) is 2.17. The van der Waals surface area contributed by atoms with Gasteiger partial charge in [-0.05, 0) is 55.8 Å². The zero-order valence-electron chi connectivity index (χ0n) is 14.5. The van der Waals surface area contributed by atoms with Crippen LogP contribution in [0.2, 0.25) is 0 Å². The third-order valence-corrected chi connectivity index (χ3v) is 4.29. The molecule has 6 heteroatoms. The molecule has 3 aromatic rings. The maximum Gasteiger partial charge on any atom is 0.333 e. The summed E-state index contributed by atoms with van der Waals surface area (Å²) in [7, 11) is 0. The second-order valence-corrected chi connectivity index (χ2v) is 6.21. The molecule has 2 aromatic carbocycles. The van der Waals surface area contributed by atoms with Crippen LogP contribution in [-0.2, 0) is 6.54 Å². The number of Topliss-reactive ketones (excluding diaryl/α,β-unsaturated/α-hetero) is 1. The van der Waals surface area contributed by atoms with E-state index in [2.05, 4.69) is 0 Å². The Kier molecular flexibility index (Phi) is 4.86. The highest BCUT2D eigenvalue weighted by Crippen LogP contribution is 2.16. The van der Waals surface area contributed by atoms with E-state index < -0.39 is 6.10 Å². The molecule has 0 spiro atoms. The standard InChI is InChI=1S/C20H19FN2O3/c1-13-11-22(12-19(25)16-3-7-17(21)8-4-16)20(26)23(13)18-9-5-15(6-10-18)14(2)24/h3-11,19,25H,12H2,1-2H3/t19-/m0/s1. The summed E-state index contributed by atoms with van der Waals surface area (Å²) >= 11 is 0. The summed E-state index contributed by atoms with van der Waals surface area (Å²) in [4.78, 5) is 24.1. The minimum absolute atomic E-state index is 0.0411. The second kappa shape index (κ2) is 7.09. The molecular weight excluding hydrogens is 335 g/mol. The van der Waals surface area contributed by atoms with Gasteiger partial charge >= 0.3 is 5.69 Å².